The molecule has 1 aromatic rings. The molecule has 1 amide bonds. The number of carbonyl (C=O) groups excluding carboxylic acids is 1. The zero-order valence-electron chi connectivity index (χ0n) is 12.1. The van der Waals surface area contributed by atoms with Gasteiger partial charge in [-0.2, -0.15) is 5.26 Å². The van der Waals surface area contributed by atoms with E-state index in [1.165, 1.54) is 0 Å². The van der Waals surface area contributed by atoms with E-state index in [9.17, 15) is 9.90 Å². The van der Waals surface area contributed by atoms with Crippen molar-refractivity contribution in [1.29, 1.82) is 5.26 Å². The van der Waals surface area contributed by atoms with Crippen LogP contribution in [0.5, 0.6) is 0 Å². The van der Waals surface area contributed by atoms with Crippen molar-refractivity contribution in [3.8, 4) is 6.07 Å². The first kappa shape index (κ1) is 15.3. The van der Waals surface area contributed by atoms with Gasteiger partial charge in [-0.05, 0) is 37.1 Å². The van der Waals surface area contributed by atoms with E-state index in [4.69, 9.17) is 5.26 Å². The van der Waals surface area contributed by atoms with Crippen LogP contribution in [0.4, 0.5) is 5.69 Å². The fraction of sp³-hybridized carbons (Fsp3) is 0.500. The normalized spacial score (nSPS) is 18.7. The number of nitrogens with one attached hydrogen (secondary N) is 1. The lowest BCUT2D eigenvalue weighted by Crippen LogP contribution is -2.44. The molecule has 2 rings (SSSR count). The molecular weight excluding hydrogens is 266 g/mol. The number of nitriles is 1. The van der Waals surface area contributed by atoms with E-state index in [0.29, 0.717) is 5.56 Å². The largest absolute Gasteiger partial charge is 0.394 e. The van der Waals surface area contributed by atoms with Crippen LogP contribution in [0, 0.1) is 11.3 Å². The number of nitrogens with zero attached hydrogens (tertiary/aromatic N) is 2. The molecule has 0 bridgehead atoms. The third-order valence-electron chi connectivity index (χ3n) is 3.87. The highest BCUT2D eigenvalue weighted by atomic mass is 16.3. The van der Waals surface area contributed by atoms with Crippen molar-refractivity contribution in [3.05, 3.63) is 29.8 Å². The first-order valence-corrected chi connectivity index (χ1v) is 7.39. The molecule has 1 unspecified atom stereocenters. The summed E-state index contributed by atoms with van der Waals surface area (Å²) in [4.78, 5) is 14.1. The molecule has 1 heterocycles. The van der Waals surface area contributed by atoms with Crippen molar-refractivity contribution in [2.45, 2.75) is 31.7 Å². The molecule has 1 aliphatic heterocycles. The van der Waals surface area contributed by atoms with Crippen molar-refractivity contribution >= 4 is 11.6 Å². The van der Waals surface area contributed by atoms with Gasteiger partial charge in [0, 0.05) is 12.2 Å². The Kier molecular flexibility index (Phi) is 5.59. The van der Waals surface area contributed by atoms with Crippen LogP contribution in [-0.2, 0) is 4.79 Å². The van der Waals surface area contributed by atoms with Gasteiger partial charge in [-0.15, -0.1) is 0 Å². The van der Waals surface area contributed by atoms with Crippen molar-refractivity contribution in [2.75, 3.05) is 25.0 Å². The van der Waals surface area contributed by atoms with Crippen LogP contribution in [0.1, 0.15) is 31.2 Å². The lowest BCUT2D eigenvalue weighted by molar-refractivity contribution is -0.132. The number of carbonyl (C=O) groups is 1. The van der Waals surface area contributed by atoms with Crippen molar-refractivity contribution in [1.82, 2.24) is 4.90 Å². The second-order valence-electron chi connectivity index (χ2n) is 5.32. The maximum atomic E-state index is 12.3. The standard InChI is InChI=1S/C16H21N3O2/c17-10-13-5-7-14(8-6-13)18-11-16(21)19-9-3-1-2-4-15(19)12-20/h5-8,15,18,20H,1-4,9,11-12H2. The van der Waals surface area contributed by atoms with E-state index in [2.05, 4.69) is 11.4 Å². The van der Waals surface area contributed by atoms with E-state index in [1.807, 2.05) is 0 Å². The summed E-state index contributed by atoms with van der Waals surface area (Å²) in [5.41, 5.74) is 1.41. The number of anilines is 1. The summed E-state index contributed by atoms with van der Waals surface area (Å²) in [6, 6.07) is 9.02. The number of likely N-dealkylation sites (tertiary alicyclic amines) is 1. The molecule has 1 aromatic carbocycles. The number of rotatable bonds is 4. The SMILES string of the molecule is N#Cc1ccc(NCC(=O)N2CCCCCC2CO)cc1. The number of amides is 1. The van der Waals surface area contributed by atoms with Crippen LogP contribution in [0.2, 0.25) is 0 Å². The summed E-state index contributed by atoms with van der Waals surface area (Å²) in [7, 11) is 0. The van der Waals surface area contributed by atoms with E-state index >= 15 is 0 Å². The Morgan fingerprint density at radius 3 is 2.76 bits per heavy atom. The minimum absolute atomic E-state index is 0.0142. The predicted octanol–water partition coefficient (Wildman–Crippen LogP) is 1.73. The number of benzene rings is 1. The molecule has 1 saturated heterocycles. The molecule has 5 heteroatoms. The molecule has 0 spiro atoms. The molecule has 0 saturated carbocycles. The van der Waals surface area contributed by atoms with Crippen LogP contribution in [0.3, 0.4) is 0 Å². The van der Waals surface area contributed by atoms with Gasteiger partial charge in [0.2, 0.25) is 5.91 Å². The zero-order valence-corrected chi connectivity index (χ0v) is 12.1. The van der Waals surface area contributed by atoms with Crippen molar-refractivity contribution in [2.24, 2.45) is 0 Å². The summed E-state index contributed by atoms with van der Waals surface area (Å²) < 4.78 is 0. The summed E-state index contributed by atoms with van der Waals surface area (Å²) in [6.07, 6.45) is 4.06. The highest BCUT2D eigenvalue weighted by molar-refractivity contribution is 5.81. The van der Waals surface area contributed by atoms with Crippen LogP contribution in [-0.4, -0.2) is 41.7 Å². The van der Waals surface area contributed by atoms with Crippen molar-refractivity contribution in [3.63, 3.8) is 0 Å². The number of hydrogen-bond donors (Lipinski definition) is 2. The maximum absolute atomic E-state index is 12.3. The average molecular weight is 287 g/mol. The fourth-order valence-corrected chi connectivity index (χ4v) is 2.64. The maximum Gasteiger partial charge on any atom is 0.242 e. The van der Waals surface area contributed by atoms with E-state index in [0.717, 1.165) is 37.9 Å². The Balaban J connectivity index is 1.91. The molecule has 21 heavy (non-hydrogen) atoms. The third-order valence-corrected chi connectivity index (χ3v) is 3.87. The fourth-order valence-electron chi connectivity index (χ4n) is 2.64. The highest BCUT2D eigenvalue weighted by Gasteiger charge is 2.24. The Labute approximate surface area is 125 Å². The summed E-state index contributed by atoms with van der Waals surface area (Å²) in [5, 5.41) is 21.3. The topological polar surface area (TPSA) is 76.4 Å². The molecule has 0 aliphatic carbocycles. The predicted molar refractivity (Wildman–Crippen MR) is 80.7 cm³/mol. The molecule has 2 N–H and O–H groups in total. The molecule has 112 valence electrons. The Morgan fingerprint density at radius 2 is 2.10 bits per heavy atom. The molecular formula is C16H21N3O2. The molecule has 0 radical (unpaired) electrons. The number of aliphatic hydroxyl groups is 1. The molecule has 5 nitrogen and oxygen atoms in total. The quantitative estimate of drug-likeness (QED) is 0.884. The molecule has 1 aliphatic rings. The lowest BCUT2D eigenvalue weighted by Gasteiger charge is -2.28. The van der Waals surface area contributed by atoms with E-state index < -0.39 is 0 Å². The third kappa shape index (κ3) is 4.20. The minimum Gasteiger partial charge on any atom is -0.394 e. The average Bonchev–Trinajstić information content (AvgIpc) is 2.78. The van der Waals surface area contributed by atoms with Gasteiger partial charge in [-0.25, -0.2) is 0 Å². The molecule has 1 atom stereocenters. The van der Waals surface area contributed by atoms with Crippen LogP contribution >= 0.6 is 0 Å². The van der Waals surface area contributed by atoms with Gasteiger partial charge in [-0.1, -0.05) is 12.8 Å². The lowest BCUT2D eigenvalue weighted by atomic mass is 10.1. The van der Waals surface area contributed by atoms with E-state index in [-0.39, 0.29) is 25.1 Å². The summed E-state index contributed by atoms with van der Waals surface area (Å²) in [6.45, 7) is 0.962. The minimum atomic E-state index is -0.0530. The highest BCUT2D eigenvalue weighted by Crippen LogP contribution is 2.17. The van der Waals surface area contributed by atoms with Gasteiger partial charge in [0.05, 0.1) is 30.8 Å². The van der Waals surface area contributed by atoms with Crippen LogP contribution in [0.25, 0.3) is 0 Å². The van der Waals surface area contributed by atoms with Gasteiger partial charge < -0.3 is 15.3 Å². The van der Waals surface area contributed by atoms with Gasteiger partial charge in [0.15, 0.2) is 0 Å². The Morgan fingerprint density at radius 1 is 1.33 bits per heavy atom. The number of hydrogen-bond acceptors (Lipinski definition) is 4. The molecule has 0 aromatic heterocycles. The monoisotopic (exact) mass is 287 g/mol. The smallest absolute Gasteiger partial charge is 0.242 e. The van der Waals surface area contributed by atoms with Crippen LogP contribution in [0.15, 0.2) is 24.3 Å². The first-order chi connectivity index (χ1) is 10.2. The van der Waals surface area contributed by atoms with Crippen LogP contribution < -0.4 is 5.32 Å². The van der Waals surface area contributed by atoms with Crippen molar-refractivity contribution < 1.29 is 9.90 Å². The Bertz CT molecular complexity index is 507. The van der Waals surface area contributed by atoms with Gasteiger partial charge in [0.25, 0.3) is 0 Å². The first-order valence-electron chi connectivity index (χ1n) is 7.39. The second-order valence-corrected chi connectivity index (χ2v) is 5.32. The second kappa shape index (κ2) is 7.65. The number of aliphatic hydroxyl groups excluding tert-OH is 1. The summed E-state index contributed by atoms with van der Waals surface area (Å²) in [5.74, 6) is 0.0142. The van der Waals surface area contributed by atoms with E-state index in [1.54, 1.807) is 29.2 Å². The van der Waals surface area contributed by atoms with Gasteiger partial charge in [0.1, 0.15) is 0 Å². The Hall–Kier alpha value is -2.06. The van der Waals surface area contributed by atoms with Gasteiger partial charge >= 0.3 is 0 Å². The summed E-state index contributed by atoms with van der Waals surface area (Å²) >= 11 is 0. The van der Waals surface area contributed by atoms with Gasteiger partial charge in [-0.3, -0.25) is 4.79 Å². The zero-order chi connectivity index (χ0) is 15.1. The molecule has 1 fully saturated rings.